The summed E-state index contributed by atoms with van der Waals surface area (Å²) in [6.45, 7) is 0. The molecule has 2 rings (SSSR count). The Kier molecular flexibility index (Phi) is 2.21. The van der Waals surface area contributed by atoms with Gasteiger partial charge in [0.1, 0.15) is 6.04 Å². The van der Waals surface area contributed by atoms with Crippen LogP contribution in [0.3, 0.4) is 0 Å². The van der Waals surface area contributed by atoms with Crippen molar-refractivity contribution in [3.8, 4) is 0 Å². The number of nitrogens with two attached hydrogens (primary N) is 1. The maximum atomic E-state index is 11.7. The fraction of sp³-hybridized carbons (Fsp3) is 0.700. The Balaban J connectivity index is 2.13. The van der Waals surface area contributed by atoms with Crippen LogP contribution < -0.4 is 11.1 Å². The maximum Gasteiger partial charge on any atom is 0.240 e. The Morgan fingerprint density at radius 2 is 2.43 bits per heavy atom. The molecule has 0 bridgehead atoms. The Hall–Kier alpha value is -1.06. The number of carbonyl (C=O) groups excluding carboxylic acids is 2. The number of hydrogen-bond acceptors (Lipinski definition) is 2. The molecule has 14 heavy (non-hydrogen) atoms. The van der Waals surface area contributed by atoms with Gasteiger partial charge in [0.05, 0.1) is 5.41 Å². The molecular weight excluding hydrogens is 180 g/mol. The average molecular weight is 195 g/mol. The third-order valence-electron chi connectivity index (χ3n) is 3.32. The standard InChI is InChI=1S/C10H15N2O2/c11-8(13)7-6-10(9(14)12-7)4-2-1-3-5-10/h2,7H,1,3-6H2,(H2,11,13)(H,12,14)/t7?,10-/m0/s1. The van der Waals surface area contributed by atoms with Crippen molar-refractivity contribution in [1.82, 2.24) is 5.32 Å². The van der Waals surface area contributed by atoms with Crippen molar-refractivity contribution in [3.63, 3.8) is 0 Å². The van der Waals surface area contributed by atoms with Crippen molar-refractivity contribution in [2.45, 2.75) is 38.1 Å². The van der Waals surface area contributed by atoms with E-state index in [1.165, 1.54) is 0 Å². The molecule has 2 fully saturated rings. The molecule has 77 valence electrons. The van der Waals surface area contributed by atoms with Gasteiger partial charge in [0.2, 0.25) is 11.8 Å². The van der Waals surface area contributed by atoms with Gasteiger partial charge in [-0.15, -0.1) is 0 Å². The highest BCUT2D eigenvalue weighted by molar-refractivity contribution is 5.93. The molecule has 0 aromatic rings. The summed E-state index contributed by atoms with van der Waals surface area (Å²) < 4.78 is 0. The first-order valence-electron chi connectivity index (χ1n) is 5.06. The molecule has 2 amide bonds. The Bertz CT molecular complexity index is 269. The fourth-order valence-electron chi connectivity index (χ4n) is 2.47. The number of nitrogens with one attached hydrogen (secondary N) is 1. The van der Waals surface area contributed by atoms with E-state index in [4.69, 9.17) is 5.73 Å². The summed E-state index contributed by atoms with van der Waals surface area (Å²) in [5, 5.41) is 2.68. The van der Waals surface area contributed by atoms with Crippen LogP contribution in [0.1, 0.15) is 32.1 Å². The third-order valence-corrected chi connectivity index (χ3v) is 3.32. The van der Waals surface area contributed by atoms with Crippen molar-refractivity contribution < 1.29 is 9.59 Å². The van der Waals surface area contributed by atoms with E-state index in [-0.39, 0.29) is 11.3 Å². The zero-order valence-electron chi connectivity index (χ0n) is 8.08. The molecule has 1 spiro atoms. The van der Waals surface area contributed by atoms with Crippen LogP contribution in [0, 0.1) is 11.8 Å². The topological polar surface area (TPSA) is 72.2 Å². The van der Waals surface area contributed by atoms with Crippen LogP contribution >= 0.6 is 0 Å². The van der Waals surface area contributed by atoms with E-state index in [1.54, 1.807) is 0 Å². The summed E-state index contributed by atoms with van der Waals surface area (Å²) in [6.07, 6.45) is 6.53. The first-order chi connectivity index (χ1) is 6.64. The molecular formula is C10H15N2O2. The zero-order chi connectivity index (χ0) is 10.2. The first kappa shape index (κ1) is 9.49. The van der Waals surface area contributed by atoms with Crippen LogP contribution in [0.15, 0.2) is 0 Å². The van der Waals surface area contributed by atoms with Gasteiger partial charge in [-0.3, -0.25) is 9.59 Å². The van der Waals surface area contributed by atoms with E-state index in [9.17, 15) is 9.59 Å². The van der Waals surface area contributed by atoms with E-state index >= 15 is 0 Å². The Morgan fingerprint density at radius 3 is 2.93 bits per heavy atom. The second-order valence-corrected chi connectivity index (χ2v) is 4.30. The molecule has 1 unspecified atom stereocenters. The number of amides is 2. The van der Waals surface area contributed by atoms with Crippen molar-refractivity contribution in [2.24, 2.45) is 11.1 Å². The van der Waals surface area contributed by atoms with Crippen molar-refractivity contribution in [3.05, 3.63) is 6.42 Å². The minimum Gasteiger partial charge on any atom is -0.368 e. The molecule has 0 aromatic carbocycles. The van der Waals surface area contributed by atoms with Crippen LogP contribution in [0.25, 0.3) is 0 Å². The average Bonchev–Trinajstić information content (AvgIpc) is 2.46. The number of hydrogen-bond donors (Lipinski definition) is 2. The summed E-state index contributed by atoms with van der Waals surface area (Å²) in [5.41, 5.74) is 4.86. The number of rotatable bonds is 1. The highest BCUT2D eigenvalue weighted by Crippen LogP contribution is 2.43. The zero-order valence-corrected chi connectivity index (χ0v) is 8.08. The lowest BCUT2D eigenvalue weighted by atomic mass is 9.72. The van der Waals surface area contributed by atoms with Gasteiger partial charge in [-0.2, -0.15) is 0 Å². The predicted molar refractivity (Wildman–Crippen MR) is 50.9 cm³/mol. The molecule has 2 aliphatic rings. The van der Waals surface area contributed by atoms with Gasteiger partial charge < -0.3 is 11.1 Å². The van der Waals surface area contributed by atoms with E-state index in [2.05, 4.69) is 11.7 Å². The highest BCUT2D eigenvalue weighted by Gasteiger charge is 2.48. The van der Waals surface area contributed by atoms with E-state index in [1.807, 2.05) is 0 Å². The minimum absolute atomic E-state index is 0.0113. The van der Waals surface area contributed by atoms with E-state index in [0.29, 0.717) is 6.42 Å². The van der Waals surface area contributed by atoms with Crippen molar-refractivity contribution in [2.75, 3.05) is 0 Å². The van der Waals surface area contributed by atoms with E-state index in [0.717, 1.165) is 25.7 Å². The molecule has 4 nitrogen and oxygen atoms in total. The second-order valence-electron chi connectivity index (χ2n) is 4.30. The van der Waals surface area contributed by atoms with Gasteiger partial charge in [0.25, 0.3) is 0 Å². The molecule has 1 aliphatic carbocycles. The van der Waals surface area contributed by atoms with E-state index < -0.39 is 11.9 Å². The number of carbonyl (C=O) groups is 2. The first-order valence-corrected chi connectivity index (χ1v) is 5.06. The Morgan fingerprint density at radius 1 is 1.64 bits per heavy atom. The molecule has 4 heteroatoms. The maximum absolute atomic E-state index is 11.7. The van der Waals surface area contributed by atoms with Crippen molar-refractivity contribution in [1.29, 1.82) is 0 Å². The number of primary amides is 1. The molecule has 1 saturated carbocycles. The predicted octanol–water partition coefficient (Wildman–Crippen LogP) is 0.125. The summed E-state index contributed by atoms with van der Waals surface area (Å²) in [7, 11) is 0. The van der Waals surface area contributed by atoms with Crippen LogP contribution in [-0.4, -0.2) is 17.9 Å². The molecule has 0 aromatic heterocycles. The monoisotopic (exact) mass is 195 g/mol. The van der Waals surface area contributed by atoms with Gasteiger partial charge in [0, 0.05) is 0 Å². The fourth-order valence-corrected chi connectivity index (χ4v) is 2.47. The largest absolute Gasteiger partial charge is 0.368 e. The van der Waals surface area contributed by atoms with Gasteiger partial charge >= 0.3 is 0 Å². The molecule has 1 saturated heterocycles. The summed E-state index contributed by atoms with van der Waals surface area (Å²) >= 11 is 0. The van der Waals surface area contributed by atoms with Crippen LogP contribution in [0.4, 0.5) is 0 Å². The van der Waals surface area contributed by atoms with Crippen LogP contribution in [-0.2, 0) is 9.59 Å². The molecule has 3 N–H and O–H groups in total. The lowest BCUT2D eigenvalue weighted by Crippen LogP contribution is -2.38. The molecule has 1 radical (unpaired) electrons. The SMILES string of the molecule is NC(=O)C1C[C@@]2(C[CH]CCC2)C(=O)N1. The normalized spacial score (nSPS) is 30.3. The van der Waals surface area contributed by atoms with Crippen molar-refractivity contribution >= 4 is 11.8 Å². The summed E-state index contributed by atoms with van der Waals surface area (Å²) in [4.78, 5) is 22.7. The Labute approximate surface area is 83.2 Å². The van der Waals surface area contributed by atoms with Gasteiger partial charge in [0.15, 0.2) is 0 Å². The molecule has 1 aliphatic heterocycles. The molecule has 1 heterocycles. The smallest absolute Gasteiger partial charge is 0.240 e. The van der Waals surface area contributed by atoms with Gasteiger partial charge in [-0.25, -0.2) is 0 Å². The minimum atomic E-state index is -0.450. The highest BCUT2D eigenvalue weighted by atomic mass is 16.2. The molecule has 2 atom stereocenters. The quantitative estimate of drug-likeness (QED) is 0.624. The lowest BCUT2D eigenvalue weighted by Gasteiger charge is -2.29. The second kappa shape index (κ2) is 3.26. The lowest BCUT2D eigenvalue weighted by molar-refractivity contribution is -0.129. The van der Waals surface area contributed by atoms with Crippen LogP contribution in [0.2, 0.25) is 0 Å². The summed E-state index contributed by atoms with van der Waals surface area (Å²) in [5.74, 6) is -0.405. The van der Waals surface area contributed by atoms with Gasteiger partial charge in [-0.05, 0) is 25.7 Å². The van der Waals surface area contributed by atoms with Crippen LogP contribution in [0.5, 0.6) is 0 Å². The third kappa shape index (κ3) is 1.38. The summed E-state index contributed by atoms with van der Waals surface area (Å²) in [6, 6.07) is -0.450. The van der Waals surface area contributed by atoms with Gasteiger partial charge in [-0.1, -0.05) is 12.8 Å².